The number of hydrogen-bond donors (Lipinski definition) is 2. The molecule has 0 radical (unpaired) electrons. The molecule has 3 aliphatic heterocycles. The molecule has 0 spiro atoms. The van der Waals surface area contributed by atoms with Crippen LogP contribution >= 0.6 is 0 Å². The highest BCUT2D eigenvalue weighted by Gasteiger charge is 2.34. The Kier molecular flexibility index (Phi) is 9.61. The molecule has 4 heterocycles. The van der Waals surface area contributed by atoms with E-state index < -0.39 is 17.7 Å². The first-order chi connectivity index (χ1) is 22.3. The number of carbonyl (C=O) groups excluding carboxylic acids is 1. The van der Waals surface area contributed by atoms with Crippen molar-refractivity contribution in [3.05, 3.63) is 72.6 Å². The number of hydroxylamine groups is 1. The fourth-order valence-electron chi connectivity index (χ4n) is 6.50. The molecule has 13 heteroatoms. The summed E-state index contributed by atoms with van der Waals surface area (Å²) in [5.74, 6) is -0.330. The van der Waals surface area contributed by atoms with Crippen molar-refractivity contribution in [3.8, 4) is 5.75 Å². The minimum absolute atomic E-state index is 0.0689. The molecule has 3 aliphatic rings. The molecule has 2 N–H and O–H groups in total. The second-order valence-corrected chi connectivity index (χ2v) is 11.8. The van der Waals surface area contributed by atoms with E-state index in [-0.39, 0.29) is 18.1 Å². The number of aromatic nitrogens is 2. The highest BCUT2D eigenvalue weighted by Crippen LogP contribution is 2.41. The SMILES string of the molecule is C=CC(=O)Nc1cc(Nc2cc(N3OCC[C@H]3c3c(F)cccc3F)ncn2)c(OC)cc1N1CCC(N2CCN(C)CC2)CC1. The number of carbonyl (C=O) groups is 1. The van der Waals surface area contributed by atoms with E-state index in [2.05, 4.69) is 48.9 Å². The van der Waals surface area contributed by atoms with Crippen molar-refractivity contribution in [1.29, 1.82) is 0 Å². The molecule has 3 aromatic rings. The molecular formula is C33H40F2N8O3. The van der Waals surface area contributed by atoms with Gasteiger partial charge in [0.2, 0.25) is 5.91 Å². The van der Waals surface area contributed by atoms with Gasteiger partial charge in [0.25, 0.3) is 0 Å². The number of benzene rings is 2. The third-order valence-electron chi connectivity index (χ3n) is 9.00. The van der Waals surface area contributed by atoms with E-state index in [0.717, 1.165) is 57.8 Å². The lowest BCUT2D eigenvalue weighted by molar-refractivity contribution is -0.111. The van der Waals surface area contributed by atoms with Crippen LogP contribution in [0.3, 0.4) is 0 Å². The topological polar surface area (TPSA) is 98.3 Å². The average molecular weight is 635 g/mol. The number of nitrogens with zero attached hydrogens (tertiary/aromatic N) is 6. The van der Waals surface area contributed by atoms with Crippen molar-refractivity contribution in [2.45, 2.75) is 31.3 Å². The zero-order valence-electron chi connectivity index (χ0n) is 26.2. The Morgan fingerprint density at radius 3 is 2.46 bits per heavy atom. The lowest BCUT2D eigenvalue weighted by atomic mass is 10.0. The van der Waals surface area contributed by atoms with Gasteiger partial charge in [-0.2, -0.15) is 0 Å². The molecule has 3 fully saturated rings. The number of halogens is 2. The molecule has 244 valence electrons. The van der Waals surface area contributed by atoms with Gasteiger partial charge in [-0.15, -0.1) is 0 Å². The molecule has 0 unspecified atom stereocenters. The number of piperidine rings is 1. The van der Waals surface area contributed by atoms with Crippen molar-refractivity contribution in [2.75, 3.05) is 80.6 Å². The zero-order valence-corrected chi connectivity index (χ0v) is 26.2. The van der Waals surface area contributed by atoms with Gasteiger partial charge in [0.1, 0.15) is 29.5 Å². The Bertz CT molecular complexity index is 1540. The van der Waals surface area contributed by atoms with Gasteiger partial charge in [-0.25, -0.2) is 23.8 Å². The summed E-state index contributed by atoms with van der Waals surface area (Å²) in [5, 5.41) is 7.64. The molecule has 0 aliphatic carbocycles. The zero-order chi connectivity index (χ0) is 32.2. The fourth-order valence-corrected chi connectivity index (χ4v) is 6.50. The van der Waals surface area contributed by atoms with Crippen LogP contribution in [0.5, 0.6) is 5.75 Å². The van der Waals surface area contributed by atoms with E-state index >= 15 is 0 Å². The van der Waals surface area contributed by atoms with Gasteiger partial charge >= 0.3 is 0 Å². The van der Waals surface area contributed by atoms with Crippen molar-refractivity contribution < 1.29 is 23.1 Å². The van der Waals surface area contributed by atoms with E-state index in [4.69, 9.17) is 9.57 Å². The molecular weight excluding hydrogens is 594 g/mol. The van der Waals surface area contributed by atoms with Gasteiger partial charge in [-0.05, 0) is 44.2 Å². The molecule has 1 amide bonds. The summed E-state index contributed by atoms with van der Waals surface area (Å²) in [4.78, 5) is 34.2. The number of ether oxygens (including phenoxy) is 1. The first-order valence-corrected chi connectivity index (χ1v) is 15.6. The van der Waals surface area contributed by atoms with Crippen LogP contribution in [0.1, 0.15) is 30.9 Å². The average Bonchev–Trinajstić information content (AvgIpc) is 3.55. The molecule has 6 rings (SSSR count). The Labute approximate surface area is 267 Å². The van der Waals surface area contributed by atoms with Crippen molar-refractivity contribution >= 4 is 34.6 Å². The number of hydrogen-bond acceptors (Lipinski definition) is 10. The fraction of sp³-hybridized carbons (Fsp3) is 0.424. The number of piperazine rings is 1. The highest BCUT2D eigenvalue weighted by atomic mass is 19.1. The van der Waals surface area contributed by atoms with Crippen LogP contribution in [0.2, 0.25) is 0 Å². The minimum atomic E-state index is -0.695. The van der Waals surface area contributed by atoms with E-state index in [0.29, 0.717) is 41.2 Å². The molecule has 11 nitrogen and oxygen atoms in total. The van der Waals surface area contributed by atoms with Crippen LogP contribution < -0.4 is 25.3 Å². The van der Waals surface area contributed by atoms with Gasteiger partial charge in [-0.1, -0.05) is 12.6 Å². The number of amides is 1. The van der Waals surface area contributed by atoms with Gasteiger partial charge in [0.15, 0.2) is 5.82 Å². The molecule has 2 aromatic carbocycles. The monoisotopic (exact) mass is 634 g/mol. The van der Waals surface area contributed by atoms with E-state index in [1.807, 2.05) is 12.1 Å². The van der Waals surface area contributed by atoms with Gasteiger partial charge < -0.3 is 25.2 Å². The molecule has 1 atom stereocenters. The molecule has 1 aromatic heterocycles. The Morgan fingerprint density at radius 1 is 1.02 bits per heavy atom. The van der Waals surface area contributed by atoms with Gasteiger partial charge in [-0.3, -0.25) is 14.5 Å². The van der Waals surface area contributed by atoms with Crippen LogP contribution in [-0.4, -0.2) is 91.7 Å². The Hall–Kier alpha value is -4.33. The maximum Gasteiger partial charge on any atom is 0.247 e. The predicted octanol–water partition coefficient (Wildman–Crippen LogP) is 4.73. The summed E-state index contributed by atoms with van der Waals surface area (Å²) < 4.78 is 35.1. The minimum Gasteiger partial charge on any atom is -0.494 e. The van der Waals surface area contributed by atoms with Crippen LogP contribution in [0, 0.1) is 11.6 Å². The van der Waals surface area contributed by atoms with E-state index in [9.17, 15) is 13.6 Å². The second-order valence-electron chi connectivity index (χ2n) is 11.8. The lowest BCUT2D eigenvalue weighted by Crippen LogP contribution is -2.52. The standard InChI is InChI=1S/C33H40F2N8O3/c1-4-32(44)39-25-18-26(29(45-3)19-28(25)42-11-8-22(9-12-42)41-15-13-40(2)14-16-41)38-30-20-31(37-21-36-30)43-27(10-17-46-43)33-23(34)6-5-7-24(33)35/h4-7,18-22,27H,1,8-17H2,2-3H3,(H,39,44)(H,36,37,38)/t27-/m0/s1. The molecule has 0 bridgehead atoms. The van der Waals surface area contributed by atoms with E-state index in [1.165, 1.54) is 35.7 Å². The first-order valence-electron chi connectivity index (χ1n) is 15.6. The maximum atomic E-state index is 14.7. The summed E-state index contributed by atoms with van der Waals surface area (Å²) in [5.41, 5.74) is 1.96. The summed E-state index contributed by atoms with van der Waals surface area (Å²) in [7, 11) is 3.76. The van der Waals surface area contributed by atoms with Crippen LogP contribution in [0.25, 0.3) is 0 Å². The second kappa shape index (κ2) is 14.0. The third kappa shape index (κ3) is 6.76. The number of rotatable bonds is 9. The van der Waals surface area contributed by atoms with E-state index in [1.54, 1.807) is 13.2 Å². The van der Waals surface area contributed by atoms with Crippen molar-refractivity contribution in [1.82, 2.24) is 19.8 Å². The Morgan fingerprint density at radius 2 is 1.76 bits per heavy atom. The number of nitrogens with one attached hydrogen (secondary N) is 2. The predicted molar refractivity (Wildman–Crippen MR) is 174 cm³/mol. The van der Waals surface area contributed by atoms with Crippen LogP contribution in [0.4, 0.5) is 37.5 Å². The van der Waals surface area contributed by atoms with Gasteiger partial charge in [0.05, 0.1) is 36.8 Å². The maximum absolute atomic E-state index is 14.7. The highest BCUT2D eigenvalue weighted by molar-refractivity contribution is 6.02. The smallest absolute Gasteiger partial charge is 0.247 e. The van der Waals surface area contributed by atoms with Crippen molar-refractivity contribution in [3.63, 3.8) is 0 Å². The molecule has 46 heavy (non-hydrogen) atoms. The number of anilines is 5. The Balaban J connectivity index is 1.23. The van der Waals surface area contributed by atoms with Crippen LogP contribution in [0.15, 0.2) is 55.4 Å². The number of likely N-dealkylation sites (N-methyl/N-ethyl adjacent to an activating group) is 1. The largest absolute Gasteiger partial charge is 0.494 e. The third-order valence-corrected chi connectivity index (χ3v) is 9.00. The normalized spacial score (nSPS) is 19.7. The molecule has 3 saturated heterocycles. The first kappa shape index (κ1) is 31.6. The van der Waals surface area contributed by atoms with Gasteiger partial charge in [0, 0.05) is 69.4 Å². The number of methoxy groups -OCH3 is 1. The summed E-state index contributed by atoms with van der Waals surface area (Å²) in [6.07, 6.45) is 5.03. The summed E-state index contributed by atoms with van der Waals surface area (Å²) in [6.45, 7) is 9.95. The summed E-state index contributed by atoms with van der Waals surface area (Å²) in [6, 6.07) is 9.01. The summed E-state index contributed by atoms with van der Waals surface area (Å²) >= 11 is 0. The molecule has 0 saturated carbocycles. The van der Waals surface area contributed by atoms with Crippen molar-refractivity contribution in [2.24, 2.45) is 0 Å². The van der Waals surface area contributed by atoms with Crippen LogP contribution in [-0.2, 0) is 9.63 Å². The quantitative estimate of drug-likeness (QED) is 0.322. The lowest BCUT2D eigenvalue weighted by Gasteiger charge is -2.43.